The van der Waals surface area contributed by atoms with E-state index in [9.17, 15) is 9.59 Å². The molecule has 1 rings (SSSR count). The zero-order valence-electron chi connectivity index (χ0n) is 8.94. The highest BCUT2D eigenvalue weighted by molar-refractivity contribution is 5.87. The van der Waals surface area contributed by atoms with Gasteiger partial charge in [0.25, 0.3) is 5.91 Å². The van der Waals surface area contributed by atoms with Crippen molar-refractivity contribution < 1.29 is 14.3 Å². The quantitative estimate of drug-likeness (QED) is 0.233. The molecule has 8 nitrogen and oxygen atoms in total. The fourth-order valence-corrected chi connectivity index (χ4v) is 1.61. The maximum atomic E-state index is 11.5. The predicted octanol–water partition coefficient (Wildman–Crippen LogP) is -2.94. The number of nitrogens with one attached hydrogen (secondary N) is 2. The second-order valence-corrected chi connectivity index (χ2v) is 3.44. The Bertz CT molecular complexity index is 254. The molecule has 1 aliphatic rings. The maximum absolute atomic E-state index is 11.5. The molecule has 1 aliphatic heterocycles. The van der Waals surface area contributed by atoms with Gasteiger partial charge in [-0.15, -0.1) is 0 Å². The van der Waals surface area contributed by atoms with Gasteiger partial charge in [0.2, 0.25) is 5.91 Å². The molecule has 16 heavy (non-hydrogen) atoms. The molecule has 0 saturated carbocycles. The molecule has 0 aromatic carbocycles. The van der Waals surface area contributed by atoms with Crippen molar-refractivity contribution in [2.75, 3.05) is 26.3 Å². The summed E-state index contributed by atoms with van der Waals surface area (Å²) in [4.78, 5) is 24.5. The van der Waals surface area contributed by atoms with Crippen molar-refractivity contribution in [3.63, 3.8) is 0 Å². The first-order valence-corrected chi connectivity index (χ1v) is 5.00. The number of carbonyl (C=O) groups is 2. The van der Waals surface area contributed by atoms with Gasteiger partial charge >= 0.3 is 0 Å². The number of hydrazine groups is 2. The third-order valence-corrected chi connectivity index (χ3v) is 2.47. The Morgan fingerprint density at radius 2 is 1.88 bits per heavy atom. The molecule has 0 aromatic heterocycles. The summed E-state index contributed by atoms with van der Waals surface area (Å²) >= 11 is 0. The van der Waals surface area contributed by atoms with E-state index in [-0.39, 0.29) is 6.42 Å². The first kappa shape index (κ1) is 12.8. The van der Waals surface area contributed by atoms with Crippen molar-refractivity contribution in [3.05, 3.63) is 0 Å². The molecule has 0 unspecified atom stereocenters. The molecule has 0 radical (unpaired) electrons. The van der Waals surface area contributed by atoms with Crippen molar-refractivity contribution in [1.29, 1.82) is 0 Å². The van der Waals surface area contributed by atoms with Crippen LogP contribution in [0.2, 0.25) is 0 Å². The van der Waals surface area contributed by atoms with Crippen LogP contribution in [0.15, 0.2) is 0 Å². The highest BCUT2D eigenvalue weighted by Gasteiger charge is 2.28. The molecule has 1 heterocycles. The van der Waals surface area contributed by atoms with E-state index in [1.165, 1.54) is 0 Å². The SMILES string of the molecule is NNC(=O)C[C@@H](C(=O)NN)N1CCOCC1. The van der Waals surface area contributed by atoms with Crippen LogP contribution in [0.5, 0.6) is 0 Å². The minimum atomic E-state index is -0.600. The molecule has 2 amide bonds. The van der Waals surface area contributed by atoms with Gasteiger partial charge in [-0.05, 0) is 0 Å². The number of hydrogen-bond acceptors (Lipinski definition) is 6. The zero-order chi connectivity index (χ0) is 12.0. The average Bonchev–Trinajstić information content (AvgIpc) is 2.35. The highest BCUT2D eigenvalue weighted by atomic mass is 16.5. The minimum Gasteiger partial charge on any atom is -0.379 e. The topological polar surface area (TPSA) is 123 Å². The summed E-state index contributed by atoms with van der Waals surface area (Å²) in [7, 11) is 0. The fourth-order valence-electron chi connectivity index (χ4n) is 1.61. The monoisotopic (exact) mass is 231 g/mol. The van der Waals surface area contributed by atoms with Gasteiger partial charge in [0.05, 0.1) is 25.7 Å². The van der Waals surface area contributed by atoms with E-state index in [2.05, 4.69) is 0 Å². The summed E-state index contributed by atoms with van der Waals surface area (Å²) < 4.78 is 5.16. The number of amides is 2. The second kappa shape index (κ2) is 6.38. The van der Waals surface area contributed by atoms with E-state index < -0.39 is 17.9 Å². The first-order chi connectivity index (χ1) is 7.69. The van der Waals surface area contributed by atoms with Crippen LogP contribution in [0.25, 0.3) is 0 Å². The Morgan fingerprint density at radius 3 is 2.38 bits per heavy atom. The lowest BCUT2D eigenvalue weighted by Crippen LogP contribution is -2.54. The molecule has 1 fully saturated rings. The van der Waals surface area contributed by atoms with Gasteiger partial charge < -0.3 is 4.74 Å². The summed E-state index contributed by atoms with van der Waals surface area (Å²) in [6, 6.07) is -0.600. The minimum absolute atomic E-state index is 0.0144. The lowest BCUT2D eigenvalue weighted by Gasteiger charge is -2.32. The summed E-state index contributed by atoms with van der Waals surface area (Å²) in [5.41, 5.74) is 4.05. The largest absolute Gasteiger partial charge is 0.379 e. The molecule has 6 N–H and O–H groups in total. The molecule has 0 bridgehead atoms. The fraction of sp³-hybridized carbons (Fsp3) is 0.750. The Hall–Kier alpha value is -1.22. The summed E-state index contributed by atoms with van der Waals surface area (Å²) in [6.45, 7) is 2.27. The number of rotatable bonds is 4. The number of ether oxygens (including phenoxy) is 1. The van der Waals surface area contributed by atoms with E-state index in [0.29, 0.717) is 26.3 Å². The molecule has 8 heteroatoms. The van der Waals surface area contributed by atoms with Crippen LogP contribution in [0, 0.1) is 0 Å². The van der Waals surface area contributed by atoms with E-state index in [4.69, 9.17) is 16.4 Å². The van der Waals surface area contributed by atoms with E-state index >= 15 is 0 Å². The van der Waals surface area contributed by atoms with E-state index in [1.807, 2.05) is 15.8 Å². The lowest BCUT2D eigenvalue weighted by atomic mass is 10.1. The third-order valence-electron chi connectivity index (χ3n) is 2.47. The Labute approximate surface area is 93.2 Å². The number of hydrogen-bond donors (Lipinski definition) is 4. The molecule has 1 atom stereocenters. The van der Waals surface area contributed by atoms with Crippen molar-refractivity contribution in [1.82, 2.24) is 15.8 Å². The van der Waals surface area contributed by atoms with Crippen LogP contribution < -0.4 is 22.5 Å². The maximum Gasteiger partial charge on any atom is 0.251 e. The van der Waals surface area contributed by atoms with Gasteiger partial charge in [-0.3, -0.25) is 25.3 Å². The van der Waals surface area contributed by atoms with Crippen molar-refractivity contribution in [2.45, 2.75) is 12.5 Å². The summed E-state index contributed by atoms with van der Waals surface area (Å²) in [6.07, 6.45) is -0.0144. The molecular formula is C8H17N5O3. The molecule has 92 valence electrons. The van der Waals surface area contributed by atoms with Crippen LogP contribution in [-0.4, -0.2) is 49.1 Å². The van der Waals surface area contributed by atoms with Crippen LogP contribution >= 0.6 is 0 Å². The number of carbonyl (C=O) groups excluding carboxylic acids is 2. The van der Waals surface area contributed by atoms with Gasteiger partial charge in [0, 0.05) is 13.1 Å². The Kier molecular flexibility index (Phi) is 5.12. The van der Waals surface area contributed by atoms with Gasteiger partial charge in [-0.1, -0.05) is 0 Å². The first-order valence-electron chi connectivity index (χ1n) is 5.00. The van der Waals surface area contributed by atoms with E-state index in [0.717, 1.165) is 0 Å². The van der Waals surface area contributed by atoms with Crippen LogP contribution in [0.3, 0.4) is 0 Å². The van der Waals surface area contributed by atoms with Crippen molar-refractivity contribution in [2.24, 2.45) is 11.7 Å². The van der Waals surface area contributed by atoms with Crippen LogP contribution in [-0.2, 0) is 14.3 Å². The normalized spacial score (nSPS) is 18.9. The van der Waals surface area contributed by atoms with Gasteiger partial charge in [-0.25, -0.2) is 11.7 Å². The van der Waals surface area contributed by atoms with Crippen molar-refractivity contribution in [3.8, 4) is 0 Å². The van der Waals surface area contributed by atoms with E-state index in [1.54, 1.807) is 0 Å². The Morgan fingerprint density at radius 1 is 1.25 bits per heavy atom. The van der Waals surface area contributed by atoms with Crippen LogP contribution in [0.4, 0.5) is 0 Å². The predicted molar refractivity (Wildman–Crippen MR) is 55.5 cm³/mol. The Balaban J connectivity index is 2.61. The lowest BCUT2D eigenvalue weighted by molar-refractivity contribution is -0.133. The van der Waals surface area contributed by atoms with Crippen LogP contribution in [0.1, 0.15) is 6.42 Å². The second-order valence-electron chi connectivity index (χ2n) is 3.44. The highest BCUT2D eigenvalue weighted by Crippen LogP contribution is 2.07. The summed E-state index contributed by atoms with van der Waals surface area (Å²) in [5.74, 6) is 9.26. The smallest absolute Gasteiger partial charge is 0.251 e. The molecule has 0 aliphatic carbocycles. The molecule has 1 saturated heterocycles. The molecule has 0 spiro atoms. The van der Waals surface area contributed by atoms with Gasteiger partial charge in [0.15, 0.2) is 0 Å². The standard InChI is InChI=1S/C8H17N5O3/c9-11-7(14)5-6(8(15)12-10)13-1-3-16-4-2-13/h6H,1-5,9-10H2,(H,11,14)(H,12,15)/t6-/m0/s1. The number of morpholine rings is 1. The van der Waals surface area contributed by atoms with Gasteiger partial charge in [0.1, 0.15) is 0 Å². The number of nitrogens with two attached hydrogens (primary N) is 2. The molecular weight excluding hydrogens is 214 g/mol. The summed E-state index contributed by atoms with van der Waals surface area (Å²) in [5, 5.41) is 0. The van der Waals surface area contributed by atoms with Gasteiger partial charge in [-0.2, -0.15) is 0 Å². The third kappa shape index (κ3) is 3.42. The average molecular weight is 231 g/mol. The zero-order valence-corrected chi connectivity index (χ0v) is 8.94. The number of nitrogens with zero attached hydrogens (tertiary/aromatic N) is 1. The molecule has 0 aromatic rings. The van der Waals surface area contributed by atoms with Crippen molar-refractivity contribution >= 4 is 11.8 Å².